The molecule has 1 heterocycles. The summed E-state index contributed by atoms with van der Waals surface area (Å²) in [6, 6.07) is 1.79. The molecule has 3 nitrogen and oxygen atoms in total. The lowest BCUT2D eigenvalue weighted by atomic mass is 10.2. The highest BCUT2D eigenvalue weighted by Gasteiger charge is 2.27. The number of likely N-dealkylation sites (tertiary alicyclic amines) is 1. The Balaban J connectivity index is 2.64. The first kappa shape index (κ1) is 6.09. The standard InChI is InChI=1S/C6H7N2O/c1-8-5(4-7)2-3-6(8)9/h3,5H,2H2,1H3. The lowest BCUT2D eigenvalue weighted by molar-refractivity contribution is -0.124. The van der Waals surface area contributed by atoms with Gasteiger partial charge in [0, 0.05) is 7.05 Å². The molecular weight excluding hydrogens is 116 g/mol. The summed E-state index contributed by atoms with van der Waals surface area (Å²) in [5, 5.41) is 8.39. The van der Waals surface area contributed by atoms with Gasteiger partial charge in [0.05, 0.1) is 12.5 Å². The van der Waals surface area contributed by atoms with Crippen LogP contribution in [0.15, 0.2) is 0 Å². The van der Waals surface area contributed by atoms with Gasteiger partial charge < -0.3 is 4.90 Å². The Morgan fingerprint density at radius 1 is 2.00 bits per heavy atom. The van der Waals surface area contributed by atoms with Gasteiger partial charge in [-0.1, -0.05) is 0 Å². The molecule has 3 heteroatoms. The average molecular weight is 123 g/mol. The van der Waals surface area contributed by atoms with Crippen molar-refractivity contribution in [2.45, 2.75) is 12.5 Å². The average Bonchev–Trinajstić information content (AvgIpc) is 2.15. The van der Waals surface area contributed by atoms with Gasteiger partial charge in [-0.25, -0.2) is 0 Å². The molecule has 0 saturated carbocycles. The molecule has 0 aromatic carbocycles. The van der Waals surface area contributed by atoms with Gasteiger partial charge >= 0.3 is 0 Å². The van der Waals surface area contributed by atoms with E-state index in [0.29, 0.717) is 6.42 Å². The van der Waals surface area contributed by atoms with Crippen molar-refractivity contribution in [2.24, 2.45) is 0 Å². The highest BCUT2D eigenvalue weighted by atomic mass is 16.2. The minimum Gasteiger partial charge on any atom is -0.329 e. The van der Waals surface area contributed by atoms with Crippen molar-refractivity contribution >= 4 is 5.91 Å². The lowest BCUT2D eigenvalue weighted by Gasteiger charge is -2.10. The third-order valence-corrected chi connectivity index (χ3v) is 1.48. The Bertz CT molecular complexity index is 170. The summed E-state index contributed by atoms with van der Waals surface area (Å²) in [6.45, 7) is 0. The molecule has 1 aliphatic heterocycles. The summed E-state index contributed by atoms with van der Waals surface area (Å²) in [4.78, 5) is 12.1. The Morgan fingerprint density at radius 2 is 2.67 bits per heavy atom. The fourth-order valence-electron chi connectivity index (χ4n) is 0.807. The Labute approximate surface area is 53.9 Å². The van der Waals surface area contributed by atoms with E-state index in [2.05, 4.69) is 0 Å². The van der Waals surface area contributed by atoms with Gasteiger partial charge in [-0.05, 0) is 6.42 Å². The minimum atomic E-state index is -0.225. The number of amides is 1. The Kier molecular flexibility index (Phi) is 1.39. The van der Waals surface area contributed by atoms with Crippen molar-refractivity contribution < 1.29 is 4.79 Å². The summed E-state index contributed by atoms with van der Waals surface area (Å²) < 4.78 is 0. The maximum atomic E-state index is 10.7. The van der Waals surface area contributed by atoms with Gasteiger partial charge in [-0.3, -0.25) is 4.79 Å². The molecule has 1 aliphatic rings. The summed E-state index contributed by atoms with van der Waals surface area (Å²) in [7, 11) is 1.64. The second-order valence-corrected chi connectivity index (χ2v) is 2.03. The predicted molar refractivity (Wildman–Crippen MR) is 31.1 cm³/mol. The van der Waals surface area contributed by atoms with E-state index in [-0.39, 0.29) is 11.9 Å². The van der Waals surface area contributed by atoms with Crippen molar-refractivity contribution in [1.82, 2.24) is 4.90 Å². The zero-order valence-electron chi connectivity index (χ0n) is 5.16. The number of hydrogen-bond donors (Lipinski definition) is 0. The van der Waals surface area contributed by atoms with E-state index in [4.69, 9.17) is 5.26 Å². The molecule has 0 spiro atoms. The minimum absolute atomic E-state index is 0.0402. The van der Waals surface area contributed by atoms with Crippen LogP contribution in [0.4, 0.5) is 0 Å². The Morgan fingerprint density at radius 3 is 2.89 bits per heavy atom. The van der Waals surface area contributed by atoms with Crippen molar-refractivity contribution in [3.05, 3.63) is 6.42 Å². The van der Waals surface area contributed by atoms with Crippen LogP contribution in [-0.4, -0.2) is 23.9 Å². The highest BCUT2D eigenvalue weighted by Crippen LogP contribution is 2.13. The molecule has 1 radical (unpaired) electrons. The monoisotopic (exact) mass is 123 g/mol. The van der Waals surface area contributed by atoms with E-state index in [1.807, 2.05) is 6.07 Å². The number of carbonyl (C=O) groups excluding carboxylic acids is 1. The fourth-order valence-corrected chi connectivity index (χ4v) is 0.807. The van der Waals surface area contributed by atoms with E-state index in [1.165, 1.54) is 11.3 Å². The third-order valence-electron chi connectivity index (χ3n) is 1.48. The fraction of sp³-hybridized carbons (Fsp3) is 0.500. The maximum absolute atomic E-state index is 10.7. The van der Waals surface area contributed by atoms with Crippen LogP contribution in [-0.2, 0) is 4.79 Å². The van der Waals surface area contributed by atoms with Crippen LogP contribution in [0.25, 0.3) is 0 Å². The predicted octanol–water partition coefficient (Wildman–Crippen LogP) is -0.0550. The Hall–Kier alpha value is -1.04. The van der Waals surface area contributed by atoms with Gasteiger partial charge in [-0.15, -0.1) is 0 Å². The molecule has 47 valence electrons. The van der Waals surface area contributed by atoms with Gasteiger partial charge in [0.2, 0.25) is 5.91 Å². The smallest absolute Gasteiger partial charge is 0.227 e. The normalized spacial score (nSPS) is 26.4. The molecule has 0 aliphatic carbocycles. The molecule has 1 rings (SSSR count). The number of rotatable bonds is 0. The van der Waals surface area contributed by atoms with Crippen molar-refractivity contribution in [2.75, 3.05) is 7.05 Å². The van der Waals surface area contributed by atoms with Crippen LogP contribution in [0, 0.1) is 17.8 Å². The summed E-state index contributed by atoms with van der Waals surface area (Å²) in [6.07, 6.45) is 2.11. The maximum Gasteiger partial charge on any atom is 0.227 e. The van der Waals surface area contributed by atoms with Crippen LogP contribution >= 0.6 is 0 Å². The van der Waals surface area contributed by atoms with Gasteiger partial charge in [0.1, 0.15) is 6.04 Å². The van der Waals surface area contributed by atoms with Crippen LogP contribution in [0.2, 0.25) is 0 Å². The zero-order valence-corrected chi connectivity index (χ0v) is 5.16. The number of carbonyl (C=O) groups is 1. The van der Waals surface area contributed by atoms with Crippen LogP contribution in [0.5, 0.6) is 0 Å². The number of nitrogens with zero attached hydrogens (tertiary/aromatic N) is 2. The van der Waals surface area contributed by atoms with Gasteiger partial charge in [0.15, 0.2) is 0 Å². The quantitative estimate of drug-likeness (QED) is 0.453. The first-order chi connectivity index (χ1) is 4.25. The van der Waals surface area contributed by atoms with E-state index < -0.39 is 0 Å². The molecule has 1 unspecified atom stereocenters. The molecule has 1 atom stereocenters. The molecule has 0 aromatic rings. The van der Waals surface area contributed by atoms with Gasteiger partial charge in [-0.2, -0.15) is 5.26 Å². The van der Waals surface area contributed by atoms with E-state index in [1.54, 1.807) is 7.05 Å². The van der Waals surface area contributed by atoms with E-state index in [0.717, 1.165) is 0 Å². The molecule has 9 heavy (non-hydrogen) atoms. The first-order valence-corrected chi connectivity index (χ1v) is 2.75. The van der Waals surface area contributed by atoms with E-state index in [9.17, 15) is 4.79 Å². The summed E-state index contributed by atoms with van der Waals surface area (Å²) in [5.41, 5.74) is 0. The van der Waals surface area contributed by atoms with Crippen LogP contribution in [0.1, 0.15) is 6.42 Å². The van der Waals surface area contributed by atoms with Crippen molar-refractivity contribution in [3.8, 4) is 6.07 Å². The second kappa shape index (κ2) is 2.06. The molecule has 1 fully saturated rings. The molecule has 0 bridgehead atoms. The molecule has 0 N–H and O–H groups in total. The van der Waals surface area contributed by atoms with Crippen LogP contribution in [0.3, 0.4) is 0 Å². The lowest BCUT2D eigenvalue weighted by Crippen LogP contribution is -2.26. The summed E-state index contributed by atoms with van der Waals surface area (Å²) >= 11 is 0. The van der Waals surface area contributed by atoms with Crippen LogP contribution < -0.4 is 0 Å². The molecule has 0 aromatic heterocycles. The number of hydrogen-bond acceptors (Lipinski definition) is 2. The topological polar surface area (TPSA) is 44.1 Å². The van der Waals surface area contributed by atoms with Crippen molar-refractivity contribution in [1.29, 1.82) is 5.26 Å². The summed E-state index contributed by atoms with van der Waals surface area (Å²) in [5.74, 6) is -0.0402. The molecule has 1 amide bonds. The first-order valence-electron chi connectivity index (χ1n) is 2.75. The SMILES string of the molecule is CN1C(=O)[CH]CC1C#N. The second-order valence-electron chi connectivity index (χ2n) is 2.03. The third kappa shape index (κ3) is 0.879. The largest absolute Gasteiger partial charge is 0.329 e. The zero-order chi connectivity index (χ0) is 6.85. The van der Waals surface area contributed by atoms with Gasteiger partial charge in [0.25, 0.3) is 0 Å². The van der Waals surface area contributed by atoms with E-state index >= 15 is 0 Å². The molecular formula is C6H7N2O. The molecule has 1 saturated heterocycles. The highest BCUT2D eigenvalue weighted by molar-refractivity contribution is 5.87. The van der Waals surface area contributed by atoms with Crippen molar-refractivity contribution in [3.63, 3.8) is 0 Å². The number of nitriles is 1.